The molecule has 0 saturated carbocycles. The van der Waals surface area contributed by atoms with E-state index in [1.54, 1.807) is 12.1 Å². The third-order valence-corrected chi connectivity index (χ3v) is 1.80. The standard InChI is InChI=1S/C10H6F2N2/c11-9-4-3-7(6-14-9)8-2-1-5-13-10(8)12/h1-6H. The van der Waals surface area contributed by atoms with Gasteiger partial charge in [0.15, 0.2) is 0 Å². The maximum Gasteiger partial charge on any atom is 0.220 e. The van der Waals surface area contributed by atoms with Crippen molar-refractivity contribution in [2.75, 3.05) is 0 Å². The third kappa shape index (κ3) is 1.59. The molecule has 0 aliphatic rings. The Labute approximate surface area is 79.3 Å². The molecule has 0 bridgehead atoms. The number of hydrogen-bond donors (Lipinski definition) is 0. The maximum atomic E-state index is 13.1. The van der Waals surface area contributed by atoms with Crippen molar-refractivity contribution in [3.05, 3.63) is 48.6 Å². The van der Waals surface area contributed by atoms with Gasteiger partial charge in [-0.05, 0) is 24.3 Å². The molecular weight excluding hydrogens is 186 g/mol. The maximum absolute atomic E-state index is 13.1. The number of pyridine rings is 2. The summed E-state index contributed by atoms with van der Waals surface area (Å²) in [7, 11) is 0. The van der Waals surface area contributed by atoms with E-state index in [4.69, 9.17) is 0 Å². The second-order valence-corrected chi connectivity index (χ2v) is 2.71. The van der Waals surface area contributed by atoms with E-state index in [0.717, 1.165) is 0 Å². The van der Waals surface area contributed by atoms with E-state index in [2.05, 4.69) is 9.97 Å². The highest BCUT2D eigenvalue weighted by molar-refractivity contribution is 5.61. The Morgan fingerprint density at radius 2 is 1.86 bits per heavy atom. The summed E-state index contributed by atoms with van der Waals surface area (Å²) in [6, 6.07) is 5.82. The van der Waals surface area contributed by atoms with Crippen LogP contribution in [-0.2, 0) is 0 Å². The Morgan fingerprint density at radius 1 is 1.00 bits per heavy atom. The zero-order valence-corrected chi connectivity index (χ0v) is 7.11. The average Bonchev–Trinajstić information content (AvgIpc) is 2.20. The summed E-state index contributed by atoms with van der Waals surface area (Å²) in [4.78, 5) is 6.93. The van der Waals surface area contributed by atoms with E-state index in [1.807, 2.05) is 0 Å². The minimum atomic E-state index is -0.585. The lowest BCUT2D eigenvalue weighted by Gasteiger charge is -2.00. The molecule has 0 saturated heterocycles. The van der Waals surface area contributed by atoms with Crippen LogP contribution in [0, 0.1) is 11.9 Å². The molecule has 0 aliphatic carbocycles. The van der Waals surface area contributed by atoms with Crippen molar-refractivity contribution in [2.24, 2.45) is 0 Å². The predicted octanol–water partition coefficient (Wildman–Crippen LogP) is 2.42. The average molecular weight is 192 g/mol. The first-order valence-electron chi connectivity index (χ1n) is 4.00. The van der Waals surface area contributed by atoms with Crippen molar-refractivity contribution in [1.82, 2.24) is 9.97 Å². The van der Waals surface area contributed by atoms with Gasteiger partial charge in [-0.25, -0.2) is 9.97 Å². The molecule has 0 N–H and O–H groups in total. The van der Waals surface area contributed by atoms with Gasteiger partial charge in [-0.1, -0.05) is 0 Å². The molecule has 0 spiro atoms. The van der Waals surface area contributed by atoms with Gasteiger partial charge in [-0.2, -0.15) is 8.78 Å². The zero-order valence-electron chi connectivity index (χ0n) is 7.11. The molecule has 0 unspecified atom stereocenters. The minimum absolute atomic E-state index is 0.319. The van der Waals surface area contributed by atoms with E-state index < -0.39 is 11.9 Å². The topological polar surface area (TPSA) is 25.8 Å². The fourth-order valence-electron chi connectivity index (χ4n) is 1.14. The second-order valence-electron chi connectivity index (χ2n) is 2.71. The predicted molar refractivity (Wildman–Crippen MR) is 47.4 cm³/mol. The molecule has 14 heavy (non-hydrogen) atoms. The van der Waals surface area contributed by atoms with Gasteiger partial charge in [0.05, 0.1) is 0 Å². The lowest BCUT2D eigenvalue weighted by atomic mass is 10.1. The highest BCUT2D eigenvalue weighted by atomic mass is 19.1. The van der Waals surface area contributed by atoms with Crippen molar-refractivity contribution in [1.29, 1.82) is 0 Å². The Balaban J connectivity index is 2.50. The molecular formula is C10H6F2N2. The van der Waals surface area contributed by atoms with Gasteiger partial charge >= 0.3 is 0 Å². The van der Waals surface area contributed by atoms with Gasteiger partial charge < -0.3 is 0 Å². The number of nitrogens with zero attached hydrogens (tertiary/aromatic N) is 2. The van der Waals surface area contributed by atoms with Crippen molar-refractivity contribution in [2.45, 2.75) is 0 Å². The molecule has 0 aromatic carbocycles. The summed E-state index contributed by atoms with van der Waals surface area (Å²) in [5.41, 5.74) is 0.831. The summed E-state index contributed by atoms with van der Waals surface area (Å²) in [6.45, 7) is 0. The van der Waals surface area contributed by atoms with Crippen LogP contribution in [0.4, 0.5) is 8.78 Å². The highest BCUT2D eigenvalue weighted by Gasteiger charge is 2.04. The van der Waals surface area contributed by atoms with E-state index in [0.29, 0.717) is 11.1 Å². The van der Waals surface area contributed by atoms with Crippen LogP contribution in [0.3, 0.4) is 0 Å². The van der Waals surface area contributed by atoms with Gasteiger partial charge in [0, 0.05) is 23.5 Å². The fraction of sp³-hybridized carbons (Fsp3) is 0. The molecule has 0 atom stereocenters. The van der Waals surface area contributed by atoms with Crippen LogP contribution in [0.15, 0.2) is 36.7 Å². The largest absolute Gasteiger partial charge is 0.228 e. The number of aromatic nitrogens is 2. The molecule has 2 rings (SSSR count). The molecule has 2 nitrogen and oxygen atoms in total. The van der Waals surface area contributed by atoms with E-state index in [-0.39, 0.29) is 0 Å². The van der Waals surface area contributed by atoms with Crippen molar-refractivity contribution >= 4 is 0 Å². The Hall–Kier alpha value is -1.84. The van der Waals surface area contributed by atoms with E-state index in [9.17, 15) is 8.78 Å². The third-order valence-electron chi connectivity index (χ3n) is 1.80. The van der Waals surface area contributed by atoms with Crippen LogP contribution < -0.4 is 0 Å². The number of halogens is 2. The monoisotopic (exact) mass is 192 g/mol. The molecule has 0 aliphatic heterocycles. The van der Waals surface area contributed by atoms with Crippen LogP contribution in [-0.4, -0.2) is 9.97 Å². The van der Waals surface area contributed by atoms with Crippen LogP contribution in [0.25, 0.3) is 11.1 Å². The van der Waals surface area contributed by atoms with Gasteiger partial charge in [-0.3, -0.25) is 0 Å². The zero-order chi connectivity index (χ0) is 9.97. The van der Waals surface area contributed by atoms with Gasteiger partial charge in [0.1, 0.15) is 0 Å². The van der Waals surface area contributed by atoms with Crippen molar-refractivity contribution in [3.8, 4) is 11.1 Å². The van der Waals surface area contributed by atoms with Gasteiger partial charge in [0.2, 0.25) is 11.9 Å². The lowest BCUT2D eigenvalue weighted by Crippen LogP contribution is -1.89. The summed E-state index contributed by atoms with van der Waals surface area (Å²) in [5.74, 6) is -1.17. The Kier molecular flexibility index (Phi) is 2.18. The highest BCUT2D eigenvalue weighted by Crippen LogP contribution is 2.19. The van der Waals surface area contributed by atoms with E-state index in [1.165, 1.54) is 24.5 Å². The first kappa shape index (κ1) is 8.74. The molecule has 4 heteroatoms. The first-order chi connectivity index (χ1) is 6.77. The Morgan fingerprint density at radius 3 is 2.50 bits per heavy atom. The molecule has 0 radical (unpaired) electrons. The minimum Gasteiger partial charge on any atom is -0.228 e. The smallest absolute Gasteiger partial charge is 0.220 e. The summed E-state index contributed by atoms with van der Waals surface area (Å²) < 4.78 is 25.6. The first-order valence-corrected chi connectivity index (χ1v) is 4.00. The summed E-state index contributed by atoms with van der Waals surface area (Å²) in [5, 5.41) is 0. The van der Waals surface area contributed by atoms with Gasteiger partial charge in [-0.15, -0.1) is 0 Å². The molecule has 2 aromatic heterocycles. The van der Waals surface area contributed by atoms with E-state index >= 15 is 0 Å². The molecule has 2 aromatic rings. The lowest BCUT2D eigenvalue weighted by molar-refractivity contribution is 0.580. The van der Waals surface area contributed by atoms with Crippen LogP contribution in [0.5, 0.6) is 0 Å². The molecule has 70 valence electrons. The fourth-order valence-corrected chi connectivity index (χ4v) is 1.14. The summed E-state index contributed by atoms with van der Waals surface area (Å²) in [6.07, 6.45) is 2.63. The normalized spacial score (nSPS) is 10.1. The van der Waals surface area contributed by atoms with Crippen LogP contribution in [0.1, 0.15) is 0 Å². The molecule has 0 amide bonds. The van der Waals surface area contributed by atoms with Crippen molar-refractivity contribution in [3.63, 3.8) is 0 Å². The Bertz CT molecular complexity index is 440. The second kappa shape index (κ2) is 3.49. The molecule has 2 heterocycles. The van der Waals surface area contributed by atoms with Gasteiger partial charge in [0.25, 0.3) is 0 Å². The quantitative estimate of drug-likeness (QED) is 0.648. The van der Waals surface area contributed by atoms with Crippen LogP contribution in [0.2, 0.25) is 0 Å². The number of rotatable bonds is 1. The SMILES string of the molecule is Fc1ccc(-c2cccnc2F)cn1. The van der Waals surface area contributed by atoms with Crippen LogP contribution >= 0.6 is 0 Å². The number of hydrogen-bond acceptors (Lipinski definition) is 2. The molecule has 0 fully saturated rings. The van der Waals surface area contributed by atoms with Crippen molar-refractivity contribution < 1.29 is 8.78 Å². The summed E-state index contributed by atoms with van der Waals surface area (Å²) >= 11 is 0.